The second-order valence-corrected chi connectivity index (χ2v) is 6.41. The van der Waals surface area contributed by atoms with Crippen molar-refractivity contribution < 1.29 is 19.5 Å². The Labute approximate surface area is 153 Å². The van der Waals surface area contributed by atoms with Crippen molar-refractivity contribution in [3.8, 4) is 11.8 Å². The van der Waals surface area contributed by atoms with E-state index in [1.54, 1.807) is 20.8 Å². The van der Waals surface area contributed by atoms with Gasteiger partial charge in [-0.25, -0.2) is 4.79 Å². The number of benzene rings is 1. The van der Waals surface area contributed by atoms with Crippen molar-refractivity contribution in [1.82, 2.24) is 0 Å². The lowest BCUT2D eigenvalue weighted by Crippen LogP contribution is -2.24. The molecule has 0 radical (unpaired) electrons. The Bertz CT molecular complexity index is 860. The summed E-state index contributed by atoms with van der Waals surface area (Å²) in [5, 5.41) is 8.59. The molecule has 26 heavy (non-hydrogen) atoms. The molecular weight excluding hydrogens is 328 g/mol. The molecule has 134 valence electrons. The van der Waals surface area contributed by atoms with Crippen LogP contribution in [0.2, 0.25) is 0 Å². The molecular formula is C22H22O4. The maximum atomic E-state index is 12.9. The highest BCUT2D eigenvalue weighted by Crippen LogP contribution is 2.37. The van der Waals surface area contributed by atoms with Crippen LogP contribution in [0.5, 0.6) is 0 Å². The SMILES string of the molecule is CC1=C(C)C(=O)C(C(CCCC#CC(=O)O)c2ccccc2)=C(C)C1=O. The normalized spacial score (nSPS) is 15.7. The van der Waals surface area contributed by atoms with E-state index in [9.17, 15) is 14.4 Å². The van der Waals surface area contributed by atoms with Gasteiger partial charge in [0.1, 0.15) is 0 Å². The van der Waals surface area contributed by atoms with E-state index >= 15 is 0 Å². The first-order valence-corrected chi connectivity index (χ1v) is 8.59. The molecule has 0 spiro atoms. The predicted molar refractivity (Wildman–Crippen MR) is 99.5 cm³/mol. The Kier molecular flexibility index (Phi) is 6.30. The van der Waals surface area contributed by atoms with Crippen molar-refractivity contribution in [2.45, 2.75) is 46.0 Å². The Morgan fingerprint density at radius 2 is 1.62 bits per heavy atom. The zero-order chi connectivity index (χ0) is 19.3. The van der Waals surface area contributed by atoms with Gasteiger partial charge in [-0.15, -0.1) is 0 Å². The molecule has 0 amide bonds. The van der Waals surface area contributed by atoms with Crippen LogP contribution in [-0.4, -0.2) is 22.6 Å². The minimum atomic E-state index is -1.15. The van der Waals surface area contributed by atoms with Gasteiger partial charge in [-0.2, -0.15) is 0 Å². The summed E-state index contributed by atoms with van der Waals surface area (Å²) in [6.45, 7) is 5.10. The molecule has 0 saturated heterocycles. The molecule has 1 N–H and O–H groups in total. The number of hydrogen-bond acceptors (Lipinski definition) is 3. The summed E-state index contributed by atoms with van der Waals surface area (Å²) in [7, 11) is 0. The fraction of sp³-hybridized carbons (Fsp3) is 0.318. The number of carboxylic acids is 1. The molecule has 0 bridgehead atoms. The molecule has 0 aliphatic heterocycles. The van der Waals surface area contributed by atoms with Gasteiger partial charge in [-0.1, -0.05) is 36.3 Å². The summed E-state index contributed by atoms with van der Waals surface area (Å²) in [6, 6.07) is 9.62. The smallest absolute Gasteiger partial charge is 0.381 e. The summed E-state index contributed by atoms with van der Waals surface area (Å²) >= 11 is 0. The molecule has 1 aromatic carbocycles. The summed E-state index contributed by atoms with van der Waals surface area (Å²) < 4.78 is 0. The third-order valence-corrected chi connectivity index (χ3v) is 4.77. The van der Waals surface area contributed by atoms with Crippen LogP contribution in [-0.2, 0) is 14.4 Å². The van der Waals surface area contributed by atoms with Crippen molar-refractivity contribution in [1.29, 1.82) is 0 Å². The third-order valence-electron chi connectivity index (χ3n) is 4.77. The van der Waals surface area contributed by atoms with Crippen molar-refractivity contribution in [3.05, 3.63) is 58.2 Å². The predicted octanol–water partition coefficient (Wildman–Crippen LogP) is 3.83. The van der Waals surface area contributed by atoms with E-state index in [-0.39, 0.29) is 17.5 Å². The molecule has 2 rings (SSSR count). The van der Waals surface area contributed by atoms with E-state index < -0.39 is 5.97 Å². The molecule has 0 aromatic heterocycles. The molecule has 0 saturated carbocycles. The van der Waals surface area contributed by atoms with Gasteiger partial charge in [-0.3, -0.25) is 9.59 Å². The van der Waals surface area contributed by atoms with E-state index in [1.165, 1.54) is 0 Å². The Morgan fingerprint density at radius 3 is 2.23 bits per heavy atom. The van der Waals surface area contributed by atoms with Crippen LogP contribution in [0, 0.1) is 11.8 Å². The largest absolute Gasteiger partial charge is 0.472 e. The zero-order valence-corrected chi connectivity index (χ0v) is 15.3. The molecule has 0 heterocycles. The maximum Gasteiger partial charge on any atom is 0.381 e. The fourth-order valence-corrected chi connectivity index (χ4v) is 3.23. The first-order valence-electron chi connectivity index (χ1n) is 8.59. The first-order chi connectivity index (χ1) is 12.3. The molecule has 1 unspecified atom stereocenters. The number of hydrogen-bond donors (Lipinski definition) is 1. The van der Waals surface area contributed by atoms with Crippen molar-refractivity contribution in [2.75, 3.05) is 0 Å². The average molecular weight is 350 g/mol. The number of unbranched alkanes of at least 4 members (excludes halogenated alkanes) is 1. The van der Waals surface area contributed by atoms with E-state index in [0.717, 1.165) is 5.56 Å². The molecule has 1 aromatic rings. The number of carbonyl (C=O) groups excluding carboxylic acids is 2. The highest BCUT2D eigenvalue weighted by molar-refractivity contribution is 6.25. The summed E-state index contributed by atoms with van der Waals surface area (Å²) in [4.78, 5) is 35.9. The Morgan fingerprint density at radius 1 is 1.00 bits per heavy atom. The maximum absolute atomic E-state index is 12.9. The van der Waals surface area contributed by atoms with Crippen LogP contribution in [0.15, 0.2) is 52.6 Å². The Balaban J connectivity index is 2.36. The van der Waals surface area contributed by atoms with Crippen molar-refractivity contribution in [3.63, 3.8) is 0 Å². The van der Waals surface area contributed by atoms with Crippen LogP contribution in [0.4, 0.5) is 0 Å². The van der Waals surface area contributed by atoms with E-state index in [4.69, 9.17) is 5.11 Å². The third kappa shape index (κ3) is 4.18. The molecule has 1 aliphatic rings. The van der Waals surface area contributed by atoms with Gasteiger partial charge in [0.2, 0.25) is 0 Å². The van der Waals surface area contributed by atoms with Gasteiger partial charge in [0.15, 0.2) is 11.6 Å². The van der Waals surface area contributed by atoms with Crippen LogP contribution in [0.1, 0.15) is 51.5 Å². The summed E-state index contributed by atoms with van der Waals surface area (Å²) in [5.74, 6) is 3.21. The van der Waals surface area contributed by atoms with Crippen LogP contribution in [0.3, 0.4) is 0 Å². The molecule has 1 atom stereocenters. The molecule has 4 nitrogen and oxygen atoms in total. The molecule has 1 aliphatic carbocycles. The lowest BCUT2D eigenvalue weighted by atomic mass is 9.76. The summed E-state index contributed by atoms with van der Waals surface area (Å²) in [6.07, 6.45) is 1.69. The topological polar surface area (TPSA) is 71.4 Å². The number of ketones is 2. The second-order valence-electron chi connectivity index (χ2n) is 6.41. The van der Waals surface area contributed by atoms with Gasteiger partial charge >= 0.3 is 5.97 Å². The molecule has 0 fully saturated rings. The highest BCUT2D eigenvalue weighted by atomic mass is 16.4. The number of allylic oxidation sites excluding steroid dienone is 4. The van der Waals surface area contributed by atoms with Gasteiger partial charge in [0, 0.05) is 40.6 Å². The quantitative estimate of drug-likeness (QED) is 0.498. The monoisotopic (exact) mass is 350 g/mol. The summed E-state index contributed by atoms with van der Waals surface area (Å²) in [5.41, 5.74) is 3.04. The number of rotatable bonds is 5. The lowest BCUT2D eigenvalue weighted by Gasteiger charge is -2.26. The minimum absolute atomic E-state index is 0.0786. The van der Waals surface area contributed by atoms with Crippen molar-refractivity contribution in [2.24, 2.45) is 0 Å². The number of carboxylic acid groups (broad SMARTS) is 1. The van der Waals surface area contributed by atoms with E-state index in [1.807, 2.05) is 30.3 Å². The van der Waals surface area contributed by atoms with Gasteiger partial charge in [0.25, 0.3) is 0 Å². The minimum Gasteiger partial charge on any atom is -0.472 e. The number of aliphatic carboxylic acids is 1. The van der Waals surface area contributed by atoms with E-state index in [2.05, 4.69) is 11.8 Å². The Hall–Kier alpha value is -2.93. The fourth-order valence-electron chi connectivity index (χ4n) is 3.23. The average Bonchev–Trinajstić information content (AvgIpc) is 2.63. The zero-order valence-electron chi connectivity index (χ0n) is 15.3. The van der Waals surface area contributed by atoms with Crippen LogP contribution < -0.4 is 0 Å². The molecule has 4 heteroatoms. The second kappa shape index (κ2) is 8.44. The van der Waals surface area contributed by atoms with Crippen molar-refractivity contribution >= 4 is 17.5 Å². The first kappa shape index (κ1) is 19.4. The standard InChI is InChI=1S/C22H22O4/c1-14-15(2)22(26)20(16(3)21(14)25)18(17-10-6-4-7-11-17)12-8-5-9-13-19(23)24/h4,6-7,10-11,18H,5,8,12H2,1-3H3,(H,23,24). The van der Waals surface area contributed by atoms with Gasteiger partial charge in [-0.05, 0) is 39.2 Å². The number of Topliss-reactive ketones (excluding diaryl/α,β-unsaturated/α-hetero) is 2. The highest BCUT2D eigenvalue weighted by Gasteiger charge is 2.32. The van der Waals surface area contributed by atoms with Crippen LogP contribution >= 0.6 is 0 Å². The van der Waals surface area contributed by atoms with Crippen LogP contribution in [0.25, 0.3) is 0 Å². The van der Waals surface area contributed by atoms with Gasteiger partial charge < -0.3 is 5.11 Å². The van der Waals surface area contributed by atoms with Gasteiger partial charge in [0.05, 0.1) is 0 Å². The number of carbonyl (C=O) groups is 3. The lowest BCUT2D eigenvalue weighted by molar-refractivity contribution is -0.130. The van der Waals surface area contributed by atoms with E-state index in [0.29, 0.717) is 41.6 Å².